The molecule has 0 saturated heterocycles. The fourth-order valence-electron chi connectivity index (χ4n) is 2.00. The highest BCUT2D eigenvalue weighted by Crippen LogP contribution is 2.42. The molecule has 0 unspecified atom stereocenters. The molecule has 98 valence electrons. The van der Waals surface area contributed by atoms with Crippen molar-refractivity contribution in [1.82, 2.24) is 15.0 Å². The highest BCUT2D eigenvalue weighted by molar-refractivity contribution is 6.30. The van der Waals surface area contributed by atoms with Crippen molar-refractivity contribution in [2.75, 3.05) is 0 Å². The molecule has 0 bridgehead atoms. The van der Waals surface area contributed by atoms with Crippen LogP contribution in [0, 0.1) is 5.82 Å². The Morgan fingerprint density at radius 3 is 2.84 bits per heavy atom. The van der Waals surface area contributed by atoms with Gasteiger partial charge in [-0.05, 0) is 25.0 Å². The molecule has 7 heteroatoms. The SMILES string of the molecule is O=C(O)c1nnn(-c2cccc(Cl)c2F)c1C1CC1. The van der Waals surface area contributed by atoms with Crippen LogP contribution in [0.3, 0.4) is 0 Å². The van der Waals surface area contributed by atoms with Crippen LogP contribution in [0.25, 0.3) is 5.69 Å². The van der Waals surface area contributed by atoms with Crippen LogP contribution in [0.5, 0.6) is 0 Å². The van der Waals surface area contributed by atoms with Crippen molar-refractivity contribution in [3.05, 3.63) is 40.4 Å². The molecule has 1 fully saturated rings. The average Bonchev–Trinajstić information content (AvgIpc) is 3.11. The third kappa shape index (κ3) is 1.98. The van der Waals surface area contributed by atoms with Gasteiger partial charge in [0.1, 0.15) is 5.69 Å². The van der Waals surface area contributed by atoms with E-state index >= 15 is 0 Å². The minimum atomic E-state index is -1.16. The van der Waals surface area contributed by atoms with E-state index in [-0.39, 0.29) is 22.3 Å². The number of hydrogen-bond donors (Lipinski definition) is 1. The predicted octanol–water partition coefficient (Wildman–Crippen LogP) is 2.64. The maximum atomic E-state index is 14.0. The molecule has 1 aromatic heterocycles. The lowest BCUT2D eigenvalue weighted by atomic mass is 10.2. The second-order valence-corrected chi connectivity index (χ2v) is 4.79. The summed E-state index contributed by atoms with van der Waals surface area (Å²) in [6.45, 7) is 0. The molecule has 1 saturated carbocycles. The maximum absolute atomic E-state index is 14.0. The normalized spacial score (nSPS) is 14.6. The lowest BCUT2D eigenvalue weighted by Crippen LogP contribution is -2.07. The number of carbonyl (C=O) groups is 1. The Morgan fingerprint density at radius 2 is 2.21 bits per heavy atom. The molecule has 0 amide bonds. The lowest BCUT2D eigenvalue weighted by molar-refractivity contribution is 0.0689. The van der Waals surface area contributed by atoms with E-state index in [1.807, 2.05) is 0 Å². The van der Waals surface area contributed by atoms with Crippen LogP contribution < -0.4 is 0 Å². The van der Waals surface area contributed by atoms with Gasteiger partial charge in [0, 0.05) is 5.92 Å². The Labute approximate surface area is 112 Å². The summed E-state index contributed by atoms with van der Waals surface area (Å²) in [7, 11) is 0. The highest BCUT2D eigenvalue weighted by atomic mass is 35.5. The first-order chi connectivity index (χ1) is 9.09. The fraction of sp³-hybridized carbons (Fsp3) is 0.250. The van der Waals surface area contributed by atoms with Crippen LogP contribution in [-0.2, 0) is 0 Å². The molecule has 1 aromatic carbocycles. The Hall–Kier alpha value is -1.95. The smallest absolute Gasteiger partial charge is 0.358 e. The summed E-state index contributed by atoms with van der Waals surface area (Å²) in [5.74, 6) is -1.72. The minimum Gasteiger partial charge on any atom is -0.476 e. The molecule has 0 spiro atoms. The molecule has 0 atom stereocenters. The van der Waals surface area contributed by atoms with Crippen molar-refractivity contribution in [2.45, 2.75) is 18.8 Å². The van der Waals surface area contributed by atoms with Gasteiger partial charge in [-0.15, -0.1) is 5.10 Å². The first kappa shape index (κ1) is 12.1. The number of carboxylic acids is 1. The number of rotatable bonds is 3. The third-order valence-corrected chi connectivity index (χ3v) is 3.32. The number of nitrogens with zero attached hydrogens (tertiary/aromatic N) is 3. The van der Waals surface area contributed by atoms with Gasteiger partial charge in [0.15, 0.2) is 11.5 Å². The number of carboxylic acid groups (broad SMARTS) is 1. The van der Waals surface area contributed by atoms with Gasteiger partial charge < -0.3 is 5.11 Å². The quantitative estimate of drug-likeness (QED) is 0.939. The van der Waals surface area contributed by atoms with Gasteiger partial charge in [0.2, 0.25) is 0 Å². The zero-order chi connectivity index (χ0) is 13.6. The van der Waals surface area contributed by atoms with Crippen LogP contribution in [0.15, 0.2) is 18.2 Å². The van der Waals surface area contributed by atoms with Gasteiger partial charge >= 0.3 is 5.97 Å². The van der Waals surface area contributed by atoms with E-state index in [1.165, 1.54) is 16.8 Å². The van der Waals surface area contributed by atoms with E-state index in [4.69, 9.17) is 16.7 Å². The number of halogens is 2. The summed E-state index contributed by atoms with van der Waals surface area (Å²) in [5, 5.41) is 16.4. The zero-order valence-corrected chi connectivity index (χ0v) is 10.4. The molecule has 19 heavy (non-hydrogen) atoms. The molecule has 1 heterocycles. The van der Waals surface area contributed by atoms with E-state index in [9.17, 15) is 9.18 Å². The van der Waals surface area contributed by atoms with Crippen LogP contribution in [-0.4, -0.2) is 26.1 Å². The van der Waals surface area contributed by atoms with Crippen molar-refractivity contribution in [2.24, 2.45) is 0 Å². The molecule has 1 aliphatic carbocycles. The van der Waals surface area contributed by atoms with E-state index in [0.29, 0.717) is 5.69 Å². The molecular weight excluding hydrogens is 273 g/mol. The van der Waals surface area contributed by atoms with Crippen LogP contribution in [0.1, 0.15) is 34.9 Å². The van der Waals surface area contributed by atoms with Gasteiger partial charge in [-0.1, -0.05) is 22.9 Å². The molecule has 1 N–H and O–H groups in total. The monoisotopic (exact) mass is 281 g/mol. The van der Waals surface area contributed by atoms with Crippen molar-refractivity contribution < 1.29 is 14.3 Å². The molecule has 5 nitrogen and oxygen atoms in total. The summed E-state index contributed by atoms with van der Waals surface area (Å²) < 4.78 is 15.2. The van der Waals surface area contributed by atoms with Gasteiger partial charge in [-0.2, -0.15) is 0 Å². The van der Waals surface area contributed by atoms with E-state index in [2.05, 4.69) is 10.3 Å². The Morgan fingerprint density at radius 1 is 1.47 bits per heavy atom. The highest BCUT2D eigenvalue weighted by Gasteiger charge is 2.34. The first-order valence-electron chi connectivity index (χ1n) is 5.73. The standard InChI is InChI=1S/C12H9ClFN3O2/c13-7-2-1-3-8(9(7)14)17-11(6-4-5-6)10(12(18)19)15-16-17/h1-3,6H,4-5H2,(H,18,19). The Bertz CT molecular complexity index is 667. The summed E-state index contributed by atoms with van der Waals surface area (Å²) >= 11 is 5.73. The van der Waals surface area contributed by atoms with E-state index in [0.717, 1.165) is 12.8 Å². The molecule has 0 radical (unpaired) electrons. The number of aromatic nitrogens is 3. The van der Waals surface area contributed by atoms with Gasteiger partial charge in [-0.25, -0.2) is 13.9 Å². The average molecular weight is 282 g/mol. The Kier molecular flexibility index (Phi) is 2.74. The van der Waals surface area contributed by atoms with Crippen LogP contribution >= 0.6 is 11.6 Å². The largest absolute Gasteiger partial charge is 0.476 e. The zero-order valence-electron chi connectivity index (χ0n) is 9.68. The lowest BCUT2D eigenvalue weighted by Gasteiger charge is -2.07. The van der Waals surface area contributed by atoms with Gasteiger partial charge in [0.25, 0.3) is 0 Å². The van der Waals surface area contributed by atoms with Crippen LogP contribution in [0.4, 0.5) is 4.39 Å². The van der Waals surface area contributed by atoms with Crippen molar-refractivity contribution in [3.63, 3.8) is 0 Å². The van der Waals surface area contributed by atoms with Crippen LogP contribution in [0.2, 0.25) is 5.02 Å². The molecule has 3 rings (SSSR count). The molecule has 0 aliphatic heterocycles. The van der Waals surface area contributed by atoms with Crippen molar-refractivity contribution in [3.8, 4) is 5.69 Å². The Balaban J connectivity index is 2.20. The third-order valence-electron chi connectivity index (χ3n) is 3.03. The minimum absolute atomic E-state index is 0.0355. The maximum Gasteiger partial charge on any atom is 0.358 e. The van der Waals surface area contributed by atoms with E-state index < -0.39 is 11.8 Å². The summed E-state index contributed by atoms with van der Waals surface area (Å²) in [4.78, 5) is 11.1. The van der Waals surface area contributed by atoms with Gasteiger partial charge in [0.05, 0.1) is 10.7 Å². The second kappa shape index (κ2) is 4.31. The molecular formula is C12H9ClFN3O2. The summed E-state index contributed by atoms with van der Waals surface area (Å²) in [6, 6.07) is 4.50. The molecule has 2 aromatic rings. The number of aromatic carboxylic acids is 1. The topological polar surface area (TPSA) is 68.0 Å². The summed E-state index contributed by atoms with van der Waals surface area (Å²) in [6.07, 6.45) is 1.71. The number of hydrogen-bond acceptors (Lipinski definition) is 3. The second-order valence-electron chi connectivity index (χ2n) is 4.39. The van der Waals surface area contributed by atoms with Gasteiger partial charge in [-0.3, -0.25) is 0 Å². The van der Waals surface area contributed by atoms with E-state index in [1.54, 1.807) is 6.07 Å². The van der Waals surface area contributed by atoms with Crippen molar-refractivity contribution in [1.29, 1.82) is 0 Å². The first-order valence-corrected chi connectivity index (χ1v) is 6.10. The summed E-state index contributed by atoms with van der Waals surface area (Å²) in [5.41, 5.74) is 0.435. The molecule has 1 aliphatic rings. The predicted molar refractivity (Wildman–Crippen MR) is 65.3 cm³/mol. The fourth-order valence-corrected chi connectivity index (χ4v) is 2.17. The number of benzene rings is 1. The van der Waals surface area contributed by atoms with Crippen molar-refractivity contribution >= 4 is 17.6 Å².